The van der Waals surface area contributed by atoms with Crippen molar-refractivity contribution in [2.75, 3.05) is 0 Å². The van der Waals surface area contributed by atoms with E-state index in [2.05, 4.69) is 15.0 Å². The van der Waals surface area contributed by atoms with Gasteiger partial charge < -0.3 is 15.0 Å². The molecule has 0 amide bonds. The maximum Gasteiger partial charge on any atom is 0.295 e. The Morgan fingerprint density at radius 1 is 0.706 bits per heavy atom. The number of hydrogen-bond donors (Lipinski definition) is 3. The number of rotatable bonds is 3. The summed E-state index contributed by atoms with van der Waals surface area (Å²) in [7, 11) is -2.42. The Labute approximate surface area is 105 Å². The van der Waals surface area contributed by atoms with E-state index in [-0.39, 0.29) is 0 Å². The van der Waals surface area contributed by atoms with Gasteiger partial charge >= 0.3 is 0 Å². The lowest BCUT2D eigenvalue weighted by molar-refractivity contribution is 1.41. The monoisotopic (exact) mass is 261 g/mol. The van der Waals surface area contributed by atoms with E-state index >= 15 is 0 Å². The highest BCUT2D eigenvalue weighted by Crippen LogP contribution is 2.08. The molecule has 0 aliphatic carbocycles. The zero-order valence-electron chi connectivity index (χ0n) is 9.07. The molecule has 0 saturated heterocycles. The van der Waals surface area contributed by atoms with Gasteiger partial charge in [-0.15, -0.1) is 11.1 Å². The second-order valence-electron chi connectivity index (χ2n) is 3.91. The Kier molecular flexibility index (Phi) is 2.46. The summed E-state index contributed by atoms with van der Waals surface area (Å²) in [6.45, 7) is 0. The van der Waals surface area contributed by atoms with Gasteiger partial charge in [-0.1, -0.05) is 0 Å². The molecule has 0 saturated carbocycles. The molecule has 3 N–H and O–H groups in total. The number of halogens is 1. The molecule has 3 nitrogen and oxygen atoms in total. The van der Waals surface area contributed by atoms with Crippen LogP contribution in [0.2, 0.25) is 0 Å². The van der Waals surface area contributed by atoms with Crippen molar-refractivity contribution >= 4 is 34.4 Å². The summed E-state index contributed by atoms with van der Waals surface area (Å²) in [6, 6.07) is 12.1. The molecule has 0 atom stereocenters. The van der Waals surface area contributed by atoms with E-state index in [1.807, 2.05) is 55.0 Å². The van der Waals surface area contributed by atoms with Crippen LogP contribution in [0, 0.1) is 0 Å². The summed E-state index contributed by atoms with van der Waals surface area (Å²) in [5.74, 6) is 0. The van der Waals surface area contributed by atoms with Crippen LogP contribution in [-0.4, -0.2) is 22.3 Å². The fourth-order valence-electron chi connectivity index (χ4n) is 2.07. The predicted octanol–water partition coefficient (Wildman–Crippen LogP) is 0.877. The van der Waals surface area contributed by atoms with E-state index in [0.717, 1.165) is 16.0 Å². The molecule has 3 aromatic rings. The molecule has 0 unspecified atom stereocenters. The van der Waals surface area contributed by atoms with Crippen molar-refractivity contribution in [3.63, 3.8) is 0 Å². The maximum atomic E-state index is 6.98. The Hall–Kier alpha value is -1.65. The van der Waals surface area contributed by atoms with Crippen LogP contribution in [0.5, 0.6) is 0 Å². The van der Waals surface area contributed by atoms with Gasteiger partial charge in [0.05, 0.1) is 0 Å². The number of aromatic nitrogens is 3. The van der Waals surface area contributed by atoms with Gasteiger partial charge in [-0.2, -0.15) is 0 Å². The minimum atomic E-state index is -2.42. The topological polar surface area (TPSA) is 47.4 Å². The highest BCUT2D eigenvalue weighted by Gasteiger charge is 2.40. The predicted molar refractivity (Wildman–Crippen MR) is 72.9 cm³/mol. The lowest BCUT2D eigenvalue weighted by Gasteiger charge is -2.21. The second-order valence-corrected chi connectivity index (χ2v) is 8.54. The van der Waals surface area contributed by atoms with Crippen molar-refractivity contribution in [2.24, 2.45) is 0 Å². The van der Waals surface area contributed by atoms with Gasteiger partial charge in [0, 0.05) is 34.5 Å². The average Bonchev–Trinajstić information content (AvgIpc) is 3.10. The molecule has 0 fully saturated rings. The van der Waals surface area contributed by atoms with E-state index < -0.39 is 7.38 Å². The van der Waals surface area contributed by atoms with Gasteiger partial charge in [-0.05, 0) is 36.4 Å². The first-order valence-corrected chi connectivity index (χ1v) is 8.43. The molecule has 3 rings (SSSR count). The lowest BCUT2D eigenvalue weighted by Crippen LogP contribution is -2.64. The normalized spacial score (nSPS) is 11.8. The number of nitrogens with one attached hydrogen (secondary N) is 3. The standard InChI is InChI=1S/C12H12ClN3Si/c13-17(10-4-1-7-14-10,11-5-2-8-15-11)12-6-3-9-16-12/h1-9,14-16H. The number of hydrogen-bond acceptors (Lipinski definition) is 0. The van der Waals surface area contributed by atoms with Gasteiger partial charge in [-0.3, -0.25) is 0 Å². The SMILES string of the molecule is Cl[Si](c1ccc[nH]1)(c1ccc[nH]1)c1ccc[nH]1. The molecule has 0 aromatic carbocycles. The molecule has 5 heteroatoms. The summed E-state index contributed by atoms with van der Waals surface area (Å²) in [5, 5.41) is 3.22. The zero-order chi connectivity index (χ0) is 11.7. The van der Waals surface area contributed by atoms with E-state index in [4.69, 9.17) is 11.1 Å². The summed E-state index contributed by atoms with van der Waals surface area (Å²) >= 11 is 6.98. The molecule has 17 heavy (non-hydrogen) atoms. The average molecular weight is 262 g/mol. The van der Waals surface area contributed by atoms with Crippen molar-refractivity contribution in [3.05, 3.63) is 55.0 Å². The van der Waals surface area contributed by atoms with E-state index in [1.165, 1.54) is 0 Å². The first kappa shape index (κ1) is 10.5. The van der Waals surface area contributed by atoms with Crippen LogP contribution in [0.4, 0.5) is 0 Å². The highest BCUT2D eigenvalue weighted by molar-refractivity contribution is 7.39. The fourth-order valence-corrected chi connectivity index (χ4v) is 5.82. The first-order valence-electron chi connectivity index (χ1n) is 5.42. The molecule has 0 aliphatic heterocycles. The molecule has 3 aromatic heterocycles. The van der Waals surface area contributed by atoms with E-state index in [0.29, 0.717) is 0 Å². The summed E-state index contributed by atoms with van der Waals surface area (Å²) < 4.78 is 0. The van der Waals surface area contributed by atoms with E-state index in [9.17, 15) is 0 Å². The largest absolute Gasteiger partial charge is 0.367 e. The fraction of sp³-hybridized carbons (Fsp3) is 0. The Balaban J connectivity index is 2.21. The molecule has 3 heterocycles. The summed E-state index contributed by atoms with van der Waals surface area (Å²) in [6.07, 6.45) is 5.72. The minimum Gasteiger partial charge on any atom is -0.367 e. The highest BCUT2D eigenvalue weighted by atomic mass is 35.6. The Morgan fingerprint density at radius 3 is 1.29 bits per heavy atom. The maximum absolute atomic E-state index is 6.98. The molecule has 86 valence electrons. The minimum absolute atomic E-state index is 1.07. The van der Waals surface area contributed by atoms with Crippen molar-refractivity contribution in [1.29, 1.82) is 0 Å². The van der Waals surface area contributed by atoms with E-state index in [1.54, 1.807) is 0 Å². The van der Waals surface area contributed by atoms with Crippen LogP contribution in [0.1, 0.15) is 0 Å². The van der Waals surface area contributed by atoms with Crippen molar-refractivity contribution in [3.8, 4) is 0 Å². The van der Waals surface area contributed by atoms with Crippen LogP contribution >= 0.6 is 11.1 Å². The second kappa shape index (κ2) is 3.98. The quantitative estimate of drug-likeness (QED) is 0.463. The summed E-state index contributed by atoms with van der Waals surface area (Å²) in [5.41, 5.74) is 0. The molecular formula is C12H12ClN3Si. The van der Waals surface area contributed by atoms with Crippen LogP contribution < -0.4 is 16.0 Å². The summed E-state index contributed by atoms with van der Waals surface area (Å²) in [4.78, 5) is 9.73. The van der Waals surface area contributed by atoms with Crippen LogP contribution in [-0.2, 0) is 0 Å². The van der Waals surface area contributed by atoms with Gasteiger partial charge in [0.1, 0.15) is 0 Å². The molecule has 0 spiro atoms. The Morgan fingerprint density at radius 2 is 1.06 bits per heavy atom. The zero-order valence-corrected chi connectivity index (χ0v) is 10.8. The molecule has 0 aliphatic rings. The Bertz CT molecular complexity index is 485. The molecular weight excluding hydrogens is 250 g/mol. The van der Waals surface area contributed by atoms with Gasteiger partial charge in [0.2, 0.25) is 0 Å². The van der Waals surface area contributed by atoms with Gasteiger partial charge in [0.25, 0.3) is 7.38 Å². The van der Waals surface area contributed by atoms with Crippen LogP contribution in [0.25, 0.3) is 0 Å². The van der Waals surface area contributed by atoms with Gasteiger partial charge in [0.15, 0.2) is 0 Å². The third-order valence-corrected chi connectivity index (χ3v) is 7.90. The number of aromatic amines is 3. The molecule has 0 radical (unpaired) electrons. The van der Waals surface area contributed by atoms with Crippen LogP contribution in [0.15, 0.2) is 55.0 Å². The number of H-pyrrole nitrogens is 3. The van der Waals surface area contributed by atoms with Crippen LogP contribution in [0.3, 0.4) is 0 Å². The lowest BCUT2D eigenvalue weighted by atomic mass is 10.7. The van der Waals surface area contributed by atoms with Crippen molar-refractivity contribution in [2.45, 2.75) is 0 Å². The smallest absolute Gasteiger partial charge is 0.295 e. The molecule has 0 bridgehead atoms. The van der Waals surface area contributed by atoms with Gasteiger partial charge in [-0.25, -0.2) is 0 Å². The third-order valence-electron chi connectivity index (χ3n) is 2.91. The van der Waals surface area contributed by atoms with Crippen molar-refractivity contribution < 1.29 is 0 Å². The first-order chi connectivity index (χ1) is 8.32. The van der Waals surface area contributed by atoms with Crippen molar-refractivity contribution in [1.82, 2.24) is 15.0 Å². The third kappa shape index (κ3) is 1.57.